The highest BCUT2D eigenvalue weighted by Gasteiger charge is 2.28. The summed E-state index contributed by atoms with van der Waals surface area (Å²) in [6.07, 6.45) is 1.66. The topological polar surface area (TPSA) is 47.4 Å². The second-order valence-corrected chi connectivity index (χ2v) is 7.07. The number of likely N-dealkylation sites (tertiary alicyclic amines) is 1. The van der Waals surface area contributed by atoms with Crippen molar-refractivity contribution in [3.63, 3.8) is 0 Å². The number of benzene rings is 2. The SMILES string of the molecule is O=C(OCc1ccccc1)N1CCC[C@@H](n2c(CCl)nc3ccccc32)C1. The van der Waals surface area contributed by atoms with Gasteiger partial charge < -0.3 is 14.2 Å². The van der Waals surface area contributed by atoms with E-state index in [0.29, 0.717) is 25.6 Å². The van der Waals surface area contributed by atoms with Gasteiger partial charge in [0.15, 0.2) is 0 Å². The predicted molar refractivity (Wildman–Crippen MR) is 106 cm³/mol. The fourth-order valence-corrected chi connectivity index (χ4v) is 3.93. The van der Waals surface area contributed by atoms with Crippen molar-refractivity contribution in [3.05, 3.63) is 66.0 Å². The van der Waals surface area contributed by atoms with Gasteiger partial charge in [0, 0.05) is 13.1 Å². The summed E-state index contributed by atoms with van der Waals surface area (Å²) >= 11 is 6.15. The van der Waals surface area contributed by atoms with Gasteiger partial charge in [-0.25, -0.2) is 9.78 Å². The summed E-state index contributed by atoms with van der Waals surface area (Å²) in [6, 6.07) is 17.9. The fourth-order valence-electron chi connectivity index (χ4n) is 3.74. The van der Waals surface area contributed by atoms with Crippen molar-refractivity contribution in [2.24, 2.45) is 0 Å². The van der Waals surface area contributed by atoms with Gasteiger partial charge in [-0.3, -0.25) is 0 Å². The van der Waals surface area contributed by atoms with Crippen molar-refractivity contribution >= 4 is 28.7 Å². The number of carbonyl (C=O) groups is 1. The van der Waals surface area contributed by atoms with Gasteiger partial charge in [0.25, 0.3) is 0 Å². The van der Waals surface area contributed by atoms with Gasteiger partial charge in [-0.2, -0.15) is 0 Å². The molecule has 3 aromatic rings. The van der Waals surface area contributed by atoms with Crippen LogP contribution in [-0.4, -0.2) is 33.6 Å². The highest BCUT2D eigenvalue weighted by Crippen LogP contribution is 2.29. The number of rotatable bonds is 4. The molecule has 0 radical (unpaired) electrons. The van der Waals surface area contributed by atoms with Crippen LogP contribution in [-0.2, 0) is 17.2 Å². The van der Waals surface area contributed by atoms with Crippen molar-refractivity contribution in [2.75, 3.05) is 13.1 Å². The summed E-state index contributed by atoms with van der Waals surface area (Å²) in [6.45, 7) is 1.62. The molecule has 0 spiro atoms. The first-order valence-corrected chi connectivity index (χ1v) is 9.77. The minimum absolute atomic E-state index is 0.157. The summed E-state index contributed by atoms with van der Waals surface area (Å²) in [5.74, 6) is 1.20. The van der Waals surface area contributed by atoms with Crippen LogP contribution in [0.2, 0.25) is 0 Å². The highest BCUT2D eigenvalue weighted by atomic mass is 35.5. The molecule has 1 atom stereocenters. The predicted octanol–water partition coefficient (Wildman–Crippen LogP) is 4.75. The van der Waals surface area contributed by atoms with E-state index in [4.69, 9.17) is 16.3 Å². The van der Waals surface area contributed by atoms with E-state index in [1.807, 2.05) is 48.5 Å². The molecular formula is C21H22ClN3O2. The van der Waals surface area contributed by atoms with Crippen LogP contribution in [0.4, 0.5) is 4.79 Å². The second kappa shape index (κ2) is 8.01. The van der Waals surface area contributed by atoms with Crippen LogP contribution in [0.15, 0.2) is 54.6 Å². The monoisotopic (exact) mass is 383 g/mol. The van der Waals surface area contributed by atoms with Crippen molar-refractivity contribution in [3.8, 4) is 0 Å². The molecule has 1 amide bonds. The average molecular weight is 384 g/mol. The Morgan fingerprint density at radius 2 is 1.93 bits per heavy atom. The Hall–Kier alpha value is -2.53. The lowest BCUT2D eigenvalue weighted by Gasteiger charge is -2.33. The molecule has 2 aromatic carbocycles. The van der Waals surface area contributed by atoms with Crippen LogP contribution >= 0.6 is 11.6 Å². The highest BCUT2D eigenvalue weighted by molar-refractivity contribution is 6.16. The molecule has 1 saturated heterocycles. The molecule has 1 aliphatic heterocycles. The summed E-state index contributed by atoms with van der Waals surface area (Å²) in [5.41, 5.74) is 3.00. The molecular weight excluding hydrogens is 362 g/mol. The number of carbonyl (C=O) groups excluding carboxylic acids is 1. The summed E-state index contributed by atoms with van der Waals surface area (Å²) < 4.78 is 7.71. The van der Waals surface area contributed by atoms with Gasteiger partial charge in [-0.15, -0.1) is 11.6 Å². The third-order valence-corrected chi connectivity index (χ3v) is 5.25. The van der Waals surface area contributed by atoms with E-state index in [0.717, 1.165) is 35.3 Å². The molecule has 140 valence electrons. The largest absolute Gasteiger partial charge is 0.445 e. The molecule has 0 N–H and O–H groups in total. The number of imidazole rings is 1. The Balaban J connectivity index is 1.49. The zero-order valence-electron chi connectivity index (χ0n) is 15.1. The van der Waals surface area contributed by atoms with Crippen LogP contribution in [0.25, 0.3) is 11.0 Å². The lowest BCUT2D eigenvalue weighted by atomic mass is 10.1. The van der Waals surface area contributed by atoms with E-state index >= 15 is 0 Å². The average Bonchev–Trinajstić information content (AvgIpc) is 3.11. The molecule has 0 aliphatic carbocycles. The van der Waals surface area contributed by atoms with Crippen LogP contribution in [0.1, 0.15) is 30.3 Å². The lowest BCUT2D eigenvalue weighted by Crippen LogP contribution is -2.41. The lowest BCUT2D eigenvalue weighted by molar-refractivity contribution is 0.0803. The minimum atomic E-state index is -0.264. The van der Waals surface area contributed by atoms with Crippen LogP contribution in [0.5, 0.6) is 0 Å². The first-order valence-electron chi connectivity index (χ1n) is 9.23. The third kappa shape index (κ3) is 3.78. The normalized spacial score (nSPS) is 17.2. The molecule has 1 aromatic heterocycles. The number of para-hydroxylation sites is 2. The Kier molecular flexibility index (Phi) is 5.30. The molecule has 2 heterocycles. The molecule has 27 heavy (non-hydrogen) atoms. The molecule has 0 unspecified atom stereocenters. The number of fused-ring (bicyclic) bond motifs is 1. The number of amides is 1. The zero-order chi connectivity index (χ0) is 18.6. The molecule has 1 aliphatic rings. The van der Waals surface area contributed by atoms with E-state index in [1.165, 1.54) is 0 Å². The molecule has 0 bridgehead atoms. The maximum Gasteiger partial charge on any atom is 0.410 e. The second-order valence-electron chi connectivity index (χ2n) is 6.80. The first kappa shape index (κ1) is 17.9. The molecule has 5 nitrogen and oxygen atoms in total. The fraction of sp³-hybridized carbons (Fsp3) is 0.333. The Labute approximate surface area is 163 Å². The number of hydrogen-bond donors (Lipinski definition) is 0. The van der Waals surface area contributed by atoms with Crippen molar-refractivity contribution in [2.45, 2.75) is 31.4 Å². The van der Waals surface area contributed by atoms with Gasteiger partial charge in [-0.05, 0) is 30.5 Å². The Bertz CT molecular complexity index is 926. The van der Waals surface area contributed by atoms with Gasteiger partial charge >= 0.3 is 6.09 Å². The van der Waals surface area contributed by atoms with Gasteiger partial charge in [0.1, 0.15) is 12.4 Å². The third-order valence-electron chi connectivity index (χ3n) is 5.01. The molecule has 6 heteroatoms. The summed E-state index contributed by atoms with van der Waals surface area (Å²) in [4.78, 5) is 19.0. The van der Waals surface area contributed by atoms with Gasteiger partial charge in [-0.1, -0.05) is 42.5 Å². The van der Waals surface area contributed by atoms with E-state index in [2.05, 4.69) is 15.6 Å². The van der Waals surface area contributed by atoms with Crippen molar-refractivity contribution in [1.82, 2.24) is 14.5 Å². The van der Waals surface area contributed by atoms with Crippen molar-refractivity contribution < 1.29 is 9.53 Å². The standard InChI is InChI=1S/C21H22ClN3O2/c22-13-20-23-18-10-4-5-11-19(18)25(20)17-9-6-12-24(14-17)21(26)27-15-16-7-2-1-3-8-16/h1-5,7-8,10-11,17H,6,9,12-15H2/t17-/m1/s1. The molecule has 4 rings (SSSR count). The van der Waals surface area contributed by atoms with E-state index < -0.39 is 0 Å². The van der Waals surface area contributed by atoms with Crippen LogP contribution in [0, 0.1) is 0 Å². The number of ether oxygens (including phenoxy) is 1. The van der Waals surface area contributed by atoms with Crippen molar-refractivity contribution in [1.29, 1.82) is 0 Å². The maximum atomic E-state index is 12.6. The minimum Gasteiger partial charge on any atom is -0.445 e. The smallest absolute Gasteiger partial charge is 0.410 e. The number of aromatic nitrogens is 2. The Morgan fingerprint density at radius 3 is 2.74 bits per heavy atom. The molecule has 0 saturated carbocycles. The quantitative estimate of drug-likeness (QED) is 0.611. The van der Waals surface area contributed by atoms with E-state index in [9.17, 15) is 4.79 Å². The maximum absolute atomic E-state index is 12.6. The number of nitrogens with zero attached hydrogens (tertiary/aromatic N) is 3. The number of alkyl halides is 1. The van der Waals surface area contributed by atoms with Crippen LogP contribution < -0.4 is 0 Å². The van der Waals surface area contributed by atoms with Crippen LogP contribution in [0.3, 0.4) is 0 Å². The number of hydrogen-bond acceptors (Lipinski definition) is 3. The number of piperidine rings is 1. The van der Waals surface area contributed by atoms with Gasteiger partial charge in [0.05, 0.1) is 23.0 Å². The molecule has 1 fully saturated rings. The number of halogens is 1. The zero-order valence-corrected chi connectivity index (χ0v) is 15.8. The Morgan fingerprint density at radius 1 is 1.15 bits per heavy atom. The first-order chi connectivity index (χ1) is 13.3. The van der Waals surface area contributed by atoms with E-state index in [1.54, 1.807) is 4.90 Å². The van der Waals surface area contributed by atoms with E-state index in [-0.39, 0.29) is 12.1 Å². The summed E-state index contributed by atoms with van der Waals surface area (Å²) in [5, 5.41) is 0. The van der Waals surface area contributed by atoms with Gasteiger partial charge in [0.2, 0.25) is 0 Å². The summed E-state index contributed by atoms with van der Waals surface area (Å²) in [7, 11) is 0.